The van der Waals surface area contributed by atoms with Crippen molar-refractivity contribution in [2.75, 3.05) is 6.54 Å². The highest BCUT2D eigenvalue weighted by Crippen LogP contribution is 2.18. The number of aliphatic hydroxyl groups excluding tert-OH is 1. The summed E-state index contributed by atoms with van der Waals surface area (Å²) >= 11 is 5.84. The van der Waals surface area contributed by atoms with E-state index in [1.165, 1.54) is 5.56 Å². The minimum Gasteiger partial charge on any atom is -0.393 e. The van der Waals surface area contributed by atoms with Crippen LogP contribution in [0.5, 0.6) is 0 Å². The van der Waals surface area contributed by atoms with Crippen LogP contribution < -0.4 is 5.32 Å². The Hall–Kier alpha value is -0.570. The monoisotopic (exact) mass is 253 g/mol. The van der Waals surface area contributed by atoms with Gasteiger partial charge in [-0.3, -0.25) is 0 Å². The molecule has 0 aromatic heterocycles. The van der Waals surface area contributed by atoms with Crippen LogP contribution in [0.3, 0.4) is 0 Å². The smallest absolute Gasteiger partial charge is 0.0541 e. The summed E-state index contributed by atoms with van der Waals surface area (Å²) in [6.45, 7) is 1.00. The first kappa shape index (κ1) is 12.9. The highest BCUT2D eigenvalue weighted by Gasteiger charge is 2.18. The summed E-state index contributed by atoms with van der Waals surface area (Å²) < 4.78 is 0. The molecule has 2 rings (SSSR count). The zero-order valence-electron chi connectivity index (χ0n) is 10.0. The molecule has 1 fully saturated rings. The predicted octanol–water partition coefficient (Wildman–Crippen LogP) is 2.78. The SMILES string of the molecule is OC1CCC(NCCc2ccc(Cl)cc2)CC1. The lowest BCUT2D eigenvalue weighted by molar-refractivity contribution is 0.117. The van der Waals surface area contributed by atoms with Crippen LogP contribution in [0.25, 0.3) is 0 Å². The largest absolute Gasteiger partial charge is 0.393 e. The Morgan fingerprint density at radius 3 is 2.41 bits per heavy atom. The molecule has 17 heavy (non-hydrogen) atoms. The van der Waals surface area contributed by atoms with Crippen LogP contribution in [0.15, 0.2) is 24.3 Å². The van der Waals surface area contributed by atoms with Gasteiger partial charge in [-0.15, -0.1) is 0 Å². The van der Waals surface area contributed by atoms with Crippen molar-refractivity contribution in [2.45, 2.75) is 44.2 Å². The van der Waals surface area contributed by atoms with Crippen LogP contribution in [0, 0.1) is 0 Å². The summed E-state index contributed by atoms with van der Waals surface area (Å²) in [5.74, 6) is 0. The molecule has 0 saturated heterocycles. The summed E-state index contributed by atoms with van der Waals surface area (Å²) in [5.41, 5.74) is 1.32. The molecule has 3 heteroatoms. The number of aliphatic hydroxyl groups is 1. The molecule has 1 saturated carbocycles. The van der Waals surface area contributed by atoms with E-state index < -0.39 is 0 Å². The van der Waals surface area contributed by atoms with Gasteiger partial charge < -0.3 is 10.4 Å². The second-order valence-electron chi connectivity index (χ2n) is 4.84. The second-order valence-corrected chi connectivity index (χ2v) is 5.27. The number of nitrogens with one attached hydrogen (secondary N) is 1. The van der Waals surface area contributed by atoms with Crippen molar-refractivity contribution < 1.29 is 5.11 Å². The molecule has 0 amide bonds. The van der Waals surface area contributed by atoms with Crippen LogP contribution in [-0.4, -0.2) is 23.8 Å². The van der Waals surface area contributed by atoms with Gasteiger partial charge in [-0.1, -0.05) is 23.7 Å². The molecule has 1 aromatic rings. The van der Waals surface area contributed by atoms with Crippen LogP contribution in [-0.2, 0) is 6.42 Å². The third kappa shape index (κ3) is 4.30. The molecule has 94 valence electrons. The number of halogens is 1. The average molecular weight is 254 g/mol. The Labute approximate surface area is 108 Å². The van der Waals surface area contributed by atoms with Gasteiger partial charge in [0, 0.05) is 11.1 Å². The van der Waals surface area contributed by atoms with E-state index in [2.05, 4.69) is 17.4 Å². The Kier molecular flexibility index (Phi) is 4.84. The van der Waals surface area contributed by atoms with E-state index in [9.17, 15) is 5.11 Å². The first-order valence-corrected chi connectivity index (χ1v) is 6.78. The molecule has 1 aromatic carbocycles. The average Bonchev–Trinajstić information content (AvgIpc) is 2.34. The van der Waals surface area contributed by atoms with Crippen molar-refractivity contribution in [3.05, 3.63) is 34.9 Å². The second kappa shape index (κ2) is 6.39. The summed E-state index contributed by atoms with van der Waals surface area (Å²) in [6, 6.07) is 8.62. The lowest BCUT2D eigenvalue weighted by atomic mass is 9.93. The fourth-order valence-electron chi connectivity index (χ4n) is 2.35. The lowest BCUT2D eigenvalue weighted by Gasteiger charge is -2.26. The zero-order chi connectivity index (χ0) is 12.1. The topological polar surface area (TPSA) is 32.3 Å². The summed E-state index contributed by atoms with van der Waals surface area (Å²) in [7, 11) is 0. The van der Waals surface area contributed by atoms with E-state index in [4.69, 9.17) is 11.6 Å². The molecular weight excluding hydrogens is 234 g/mol. The van der Waals surface area contributed by atoms with E-state index in [-0.39, 0.29) is 6.10 Å². The maximum atomic E-state index is 9.42. The van der Waals surface area contributed by atoms with Crippen molar-refractivity contribution in [2.24, 2.45) is 0 Å². The lowest BCUT2D eigenvalue weighted by Crippen LogP contribution is -2.35. The van der Waals surface area contributed by atoms with Crippen LogP contribution in [0.4, 0.5) is 0 Å². The number of rotatable bonds is 4. The molecule has 0 radical (unpaired) electrons. The zero-order valence-corrected chi connectivity index (χ0v) is 10.8. The van der Waals surface area contributed by atoms with Crippen molar-refractivity contribution >= 4 is 11.6 Å². The van der Waals surface area contributed by atoms with Crippen molar-refractivity contribution in [1.82, 2.24) is 5.32 Å². The van der Waals surface area contributed by atoms with Crippen molar-refractivity contribution in [3.63, 3.8) is 0 Å². The standard InChI is InChI=1S/C14H20ClNO/c15-12-3-1-11(2-4-12)9-10-16-13-5-7-14(17)8-6-13/h1-4,13-14,16-17H,5-10H2. The third-order valence-corrected chi connectivity index (χ3v) is 3.71. The Morgan fingerprint density at radius 1 is 1.12 bits per heavy atom. The third-order valence-electron chi connectivity index (χ3n) is 3.46. The summed E-state index contributed by atoms with van der Waals surface area (Å²) in [5, 5.41) is 13.8. The molecule has 0 bridgehead atoms. The van der Waals surface area contributed by atoms with E-state index in [0.29, 0.717) is 6.04 Å². The first-order valence-electron chi connectivity index (χ1n) is 6.40. The highest BCUT2D eigenvalue weighted by molar-refractivity contribution is 6.30. The van der Waals surface area contributed by atoms with E-state index in [0.717, 1.165) is 43.7 Å². The molecule has 0 unspecified atom stereocenters. The normalized spacial score (nSPS) is 24.8. The Balaban J connectivity index is 1.67. The van der Waals surface area contributed by atoms with Crippen molar-refractivity contribution in [3.8, 4) is 0 Å². The fraction of sp³-hybridized carbons (Fsp3) is 0.571. The minimum atomic E-state index is -0.0654. The molecule has 2 N–H and O–H groups in total. The predicted molar refractivity (Wildman–Crippen MR) is 71.4 cm³/mol. The highest BCUT2D eigenvalue weighted by atomic mass is 35.5. The molecule has 0 atom stereocenters. The van der Waals surface area contributed by atoms with Gasteiger partial charge in [-0.2, -0.15) is 0 Å². The van der Waals surface area contributed by atoms with Crippen LogP contribution in [0.1, 0.15) is 31.2 Å². The number of hydrogen-bond acceptors (Lipinski definition) is 2. The maximum absolute atomic E-state index is 9.42. The van der Waals surface area contributed by atoms with Gasteiger partial charge in [0.05, 0.1) is 6.10 Å². The maximum Gasteiger partial charge on any atom is 0.0541 e. The summed E-state index contributed by atoms with van der Waals surface area (Å²) in [4.78, 5) is 0. The van der Waals surface area contributed by atoms with E-state index in [1.807, 2.05) is 12.1 Å². The van der Waals surface area contributed by atoms with Gasteiger partial charge in [0.25, 0.3) is 0 Å². The van der Waals surface area contributed by atoms with Gasteiger partial charge in [0.2, 0.25) is 0 Å². The van der Waals surface area contributed by atoms with Gasteiger partial charge in [-0.25, -0.2) is 0 Å². The minimum absolute atomic E-state index is 0.0654. The van der Waals surface area contributed by atoms with E-state index in [1.54, 1.807) is 0 Å². The Morgan fingerprint density at radius 2 is 1.76 bits per heavy atom. The number of hydrogen-bond donors (Lipinski definition) is 2. The van der Waals surface area contributed by atoms with Crippen molar-refractivity contribution in [1.29, 1.82) is 0 Å². The molecular formula is C14H20ClNO. The molecule has 1 aliphatic carbocycles. The van der Waals surface area contributed by atoms with Gasteiger partial charge >= 0.3 is 0 Å². The van der Waals surface area contributed by atoms with E-state index >= 15 is 0 Å². The van der Waals surface area contributed by atoms with Gasteiger partial charge in [-0.05, 0) is 56.3 Å². The molecule has 0 aliphatic heterocycles. The number of benzene rings is 1. The molecule has 0 spiro atoms. The van der Waals surface area contributed by atoms with Crippen LogP contribution in [0.2, 0.25) is 5.02 Å². The fourth-order valence-corrected chi connectivity index (χ4v) is 2.48. The van der Waals surface area contributed by atoms with Crippen LogP contribution >= 0.6 is 11.6 Å². The molecule has 2 nitrogen and oxygen atoms in total. The molecule has 0 heterocycles. The Bertz CT molecular complexity index is 331. The first-order chi connectivity index (χ1) is 8.24. The quantitative estimate of drug-likeness (QED) is 0.865. The van der Waals surface area contributed by atoms with Gasteiger partial charge in [0.15, 0.2) is 0 Å². The summed E-state index contributed by atoms with van der Waals surface area (Å²) in [6.07, 6.45) is 5.06. The molecule has 1 aliphatic rings. The van der Waals surface area contributed by atoms with Gasteiger partial charge in [0.1, 0.15) is 0 Å².